The molecule has 0 amide bonds. The fourth-order valence-corrected chi connectivity index (χ4v) is 2.64. The van der Waals surface area contributed by atoms with Crippen molar-refractivity contribution in [3.63, 3.8) is 0 Å². The number of nitrogens with zero attached hydrogens (tertiary/aromatic N) is 2. The van der Waals surface area contributed by atoms with Crippen molar-refractivity contribution in [2.24, 2.45) is 4.99 Å². The van der Waals surface area contributed by atoms with Gasteiger partial charge in [0.05, 0.1) is 5.56 Å². The maximum atomic E-state index is 12.6. The Morgan fingerprint density at radius 3 is 2.46 bits per heavy atom. The number of alkyl halides is 3. The average Bonchev–Trinajstić information content (AvgIpc) is 2.61. The molecule has 0 radical (unpaired) electrons. The molecular formula is C19H25F3N4. The van der Waals surface area contributed by atoms with E-state index in [0.29, 0.717) is 11.5 Å². The van der Waals surface area contributed by atoms with Crippen molar-refractivity contribution >= 4 is 11.5 Å². The highest BCUT2D eigenvalue weighted by Crippen LogP contribution is 2.29. The Morgan fingerprint density at radius 2 is 1.88 bits per heavy atom. The lowest BCUT2D eigenvalue weighted by Crippen LogP contribution is -2.42. The van der Waals surface area contributed by atoms with Crippen molar-refractivity contribution in [2.75, 3.05) is 31.5 Å². The summed E-state index contributed by atoms with van der Waals surface area (Å²) in [7, 11) is 0. The summed E-state index contributed by atoms with van der Waals surface area (Å²) in [5.41, 5.74) is 1.04. The van der Waals surface area contributed by atoms with Crippen LogP contribution in [0.3, 0.4) is 0 Å². The molecule has 1 aliphatic rings. The van der Waals surface area contributed by atoms with Crippen molar-refractivity contribution < 1.29 is 13.2 Å². The number of anilines is 1. The molecule has 1 heterocycles. The number of allylic oxidation sites excluding steroid dienone is 2. The molecule has 1 aromatic carbocycles. The first-order chi connectivity index (χ1) is 12.4. The molecule has 142 valence electrons. The Bertz CT molecular complexity index is 654. The SMILES string of the molecule is CC/C=C(/C=C\N=C(/C)Nc1ccc(C(F)(F)F)cc1)N1CCNCC1. The molecule has 0 unspecified atom stereocenters. The summed E-state index contributed by atoms with van der Waals surface area (Å²) in [6.07, 6.45) is 2.46. The zero-order chi connectivity index (χ0) is 19.0. The number of rotatable bonds is 5. The van der Waals surface area contributed by atoms with Gasteiger partial charge in [0.1, 0.15) is 5.84 Å². The van der Waals surface area contributed by atoms with Crippen LogP contribution >= 0.6 is 0 Å². The van der Waals surface area contributed by atoms with Gasteiger partial charge in [0.25, 0.3) is 0 Å². The molecule has 1 saturated heterocycles. The summed E-state index contributed by atoms with van der Waals surface area (Å²) in [6, 6.07) is 4.90. The van der Waals surface area contributed by atoms with Crippen LogP contribution in [0, 0.1) is 0 Å². The summed E-state index contributed by atoms with van der Waals surface area (Å²) in [5, 5.41) is 6.32. The number of amidine groups is 1. The molecular weight excluding hydrogens is 341 g/mol. The summed E-state index contributed by atoms with van der Waals surface area (Å²) < 4.78 is 37.7. The molecule has 1 fully saturated rings. The van der Waals surface area contributed by atoms with E-state index in [9.17, 15) is 13.2 Å². The van der Waals surface area contributed by atoms with Gasteiger partial charge < -0.3 is 15.5 Å². The highest BCUT2D eigenvalue weighted by atomic mass is 19.4. The molecule has 4 nitrogen and oxygen atoms in total. The largest absolute Gasteiger partial charge is 0.416 e. The van der Waals surface area contributed by atoms with Gasteiger partial charge in [-0.25, -0.2) is 4.99 Å². The second-order valence-corrected chi connectivity index (χ2v) is 6.00. The molecule has 1 aliphatic heterocycles. The lowest BCUT2D eigenvalue weighted by atomic mass is 10.2. The predicted molar refractivity (Wildman–Crippen MR) is 100 cm³/mol. The number of hydrogen-bond acceptors (Lipinski definition) is 3. The molecule has 0 bridgehead atoms. The minimum atomic E-state index is -4.32. The van der Waals surface area contributed by atoms with Crippen LogP contribution in [0.1, 0.15) is 25.8 Å². The van der Waals surface area contributed by atoms with E-state index in [2.05, 4.69) is 33.5 Å². The van der Waals surface area contributed by atoms with Crippen LogP contribution < -0.4 is 10.6 Å². The van der Waals surface area contributed by atoms with Gasteiger partial charge in [-0.2, -0.15) is 13.2 Å². The fraction of sp³-hybridized carbons (Fsp3) is 0.421. The number of aliphatic imine (C=N–C) groups is 1. The minimum absolute atomic E-state index is 0.569. The molecule has 0 aromatic heterocycles. The van der Waals surface area contributed by atoms with Crippen molar-refractivity contribution in [1.82, 2.24) is 10.2 Å². The van der Waals surface area contributed by atoms with Gasteiger partial charge >= 0.3 is 6.18 Å². The number of hydrogen-bond donors (Lipinski definition) is 2. The smallest absolute Gasteiger partial charge is 0.369 e. The standard InChI is InChI=1S/C19H25F3N4/c1-3-4-18(26-13-11-23-12-14-26)9-10-24-15(2)25-17-7-5-16(6-8-17)19(20,21)22/h4-10,23H,3,11-14H2,1-2H3,(H,24,25)/b10-9-,18-4-. The third-order valence-corrected chi connectivity index (χ3v) is 3.95. The summed E-state index contributed by atoms with van der Waals surface area (Å²) in [4.78, 5) is 6.64. The van der Waals surface area contributed by atoms with Gasteiger partial charge in [-0.05, 0) is 43.7 Å². The fourth-order valence-electron chi connectivity index (χ4n) is 2.64. The highest BCUT2D eigenvalue weighted by molar-refractivity contribution is 5.93. The van der Waals surface area contributed by atoms with E-state index in [-0.39, 0.29) is 0 Å². The lowest BCUT2D eigenvalue weighted by molar-refractivity contribution is -0.137. The molecule has 0 saturated carbocycles. The van der Waals surface area contributed by atoms with E-state index in [1.807, 2.05) is 6.08 Å². The maximum Gasteiger partial charge on any atom is 0.416 e. The van der Waals surface area contributed by atoms with Gasteiger partial charge in [0.2, 0.25) is 0 Å². The zero-order valence-corrected chi connectivity index (χ0v) is 15.1. The van der Waals surface area contributed by atoms with Crippen LogP contribution in [0.15, 0.2) is 53.3 Å². The van der Waals surface area contributed by atoms with Crippen LogP contribution in [-0.2, 0) is 6.18 Å². The van der Waals surface area contributed by atoms with Gasteiger partial charge in [0, 0.05) is 43.8 Å². The Hall–Kier alpha value is -2.28. The Labute approximate surface area is 152 Å². The molecule has 0 atom stereocenters. The van der Waals surface area contributed by atoms with Crippen LogP contribution in [-0.4, -0.2) is 36.9 Å². The number of piperazine rings is 1. The second kappa shape index (κ2) is 9.43. The third kappa shape index (κ3) is 6.22. The van der Waals surface area contributed by atoms with Crippen molar-refractivity contribution in [3.8, 4) is 0 Å². The number of nitrogens with one attached hydrogen (secondary N) is 2. The van der Waals surface area contributed by atoms with E-state index in [1.54, 1.807) is 13.1 Å². The Kier molecular flexibility index (Phi) is 7.26. The van der Waals surface area contributed by atoms with Gasteiger partial charge in [0.15, 0.2) is 0 Å². The molecule has 2 N–H and O–H groups in total. The molecule has 26 heavy (non-hydrogen) atoms. The normalized spacial score (nSPS) is 17.0. The van der Waals surface area contributed by atoms with Crippen molar-refractivity contribution in [2.45, 2.75) is 26.4 Å². The first kappa shape index (κ1) is 20.0. The minimum Gasteiger partial charge on any atom is -0.369 e. The van der Waals surface area contributed by atoms with Crippen LogP contribution in [0.5, 0.6) is 0 Å². The van der Waals surface area contributed by atoms with E-state index in [4.69, 9.17) is 0 Å². The average molecular weight is 366 g/mol. The van der Waals surface area contributed by atoms with Crippen molar-refractivity contribution in [1.29, 1.82) is 0 Å². The van der Waals surface area contributed by atoms with E-state index < -0.39 is 11.7 Å². The first-order valence-corrected chi connectivity index (χ1v) is 8.71. The molecule has 2 rings (SSSR count). The van der Waals surface area contributed by atoms with Crippen molar-refractivity contribution in [3.05, 3.63) is 53.9 Å². The Balaban J connectivity index is 1.97. The van der Waals surface area contributed by atoms with Gasteiger partial charge in [-0.3, -0.25) is 0 Å². The third-order valence-electron chi connectivity index (χ3n) is 3.95. The lowest BCUT2D eigenvalue weighted by Gasteiger charge is -2.30. The summed E-state index contributed by atoms with van der Waals surface area (Å²) in [6.45, 7) is 7.72. The monoisotopic (exact) mass is 366 g/mol. The van der Waals surface area contributed by atoms with Gasteiger partial charge in [-0.15, -0.1) is 0 Å². The first-order valence-electron chi connectivity index (χ1n) is 8.71. The molecule has 1 aromatic rings. The number of halogens is 3. The van der Waals surface area contributed by atoms with E-state index >= 15 is 0 Å². The number of benzene rings is 1. The van der Waals surface area contributed by atoms with E-state index in [1.165, 1.54) is 12.1 Å². The molecule has 7 heteroatoms. The van der Waals surface area contributed by atoms with Crippen LogP contribution in [0.25, 0.3) is 0 Å². The quantitative estimate of drug-likeness (QED) is 0.465. The topological polar surface area (TPSA) is 39.7 Å². The maximum absolute atomic E-state index is 12.6. The second-order valence-electron chi connectivity index (χ2n) is 6.00. The Morgan fingerprint density at radius 1 is 1.23 bits per heavy atom. The molecule has 0 aliphatic carbocycles. The van der Waals surface area contributed by atoms with Crippen LogP contribution in [0.2, 0.25) is 0 Å². The summed E-state index contributed by atoms with van der Waals surface area (Å²) in [5.74, 6) is 0.608. The molecule has 0 spiro atoms. The van der Waals surface area contributed by atoms with Crippen LogP contribution in [0.4, 0.5) is 18.9 Å². The van der Waals surface area contributed by atoms with E-state index in [0.717, 1.165) is 50.4 Å². The highest BCUT2D eigenvalue weighted by Gasteiger charge is 2.29. The van der Waals surface area contributed by atoms with Gasteiger partial charge in [-0.1, -0.05) is 13.0 Å². The predicted octanol–water partition coefficient (Wildman–Crippen LogP) is 4.25. The summed E-state index contributed by atoms with van der Waals surface area (Å²) >= 11 is 0. The zero-order valence-electron chi connectivity index (χ0n) is 15.1.